The molecule has 3 N–H and O–H groups in total. The van der Waals surface area contributed by atoms with Gasteiger partial charge in [-0.3, -0.25) is 0 Å². The fourth-order valence-corrected chi connectivity index (χ4v) is 0.712. The molecule has 0 amide bonds. The Balaban J connectivity index is 3.19. The molecule has 1 aromatic heterocycles. The summed E-state index contributed by atoms with van der Waals surface area (Å²) < 4.78 is 0. The molecule has 0 unspecified atom stereocenters. The maximum Gasteiger partial charge on any atom is 0.345 e. The fraction of sp³-hybridized carbons (Fsp3) is 0.333. The molecule has 54 valence electrons. The summed E-state index contributed by atoms with van der Waals surface area (Å²) >= 11 is 0. The highest BCUT2D eigenvalue weighted by atomic mass is 16.1. The molecule has 0 aliphatic rings. The number of nitrogens with one attached hydrogen (secondary N) is 1. The van der Waals surface area contributed by atoms with Crippen molar-refractivity contribution in [1.29, 1.82) is 0 Å². The van der Waals surface area contributed by atoms with Crippen LogP contribution in [-0.4, -0.2) is 9.97 Å². The third-order valence-corrected chi connectivity index (χ3v) is 1.33. The van der Waals surface area contributed by atoms with Crippen molar-refractivity contribution in [3.63, 3.8) is 0 Å². The molecule has 0 aliphatic carbocycles. The van der Waals surface area contributed by atoms with E-state index in [9.17, 15) is 4.79 Å². The smallest absolute Gasteiger partial charge is 0.326 e. The van der Waals surface area contributed by atoms with Crippen LogP contribution in [0.5, 0.6) is 0 Å². The Morgan fingerprint density at radius 2 is 2.50 bits per heavy atom. The van der Waals surface area contributed by atoms with Crippen LogP contribution < -0.4 is 11.4 Å². The molecule has 0 fully saturated rings. The molecule has 0 aliphatic heterocycles. The molecule has 4 nitrogen and oxygen atoms in total. The Kier molecular flexibility index (Phi) is 1.82. The summed E-state index contributed by atoms with van der Waals surface area (Å²) in [5, 5.41) is 0. The van der Waals surface area contributed by atoms with Gasteiger partial charge in [0.25, 0.3) is 0 Å². The Morgan fingerprint density at radius 1 is 1.80 bits per heavy atom. The third kappa shape index (κ3) is 1.22. The van der Waals surface area contributed by atoms with E-state index in [0.717, 1.165) is 11.3 Å². The van der Waals surface area contributed by atoms with Gasteiger partial charge in [-0.05, 0) is 6.92 Å². The van der Waals surface area contributed by atoms with Gasteiger partial charge < -0.3 is 10.7 Å². The van der Waals surface area contributed by atoms with Crippen molar-refractivity contribution in [2.75, 3.05) is 0 Å². The first kappa shape index (κ1) is 6.95. The monoisotopic (exact) mass is 139 g/mol. The van der Waals surface area contributed by atoms with Crippen molar-refractivity contribution in [2.45, 2.75) is 13.5 Å². The molecule has 0 atom stereocenters. The topological polar surface area (TPSA) is 71.8 Å². The summed E-state index contributed by atoms with van der Waals surface area (Å²) in [7, 11) is 0. The van der Waals surface area contributed by atoms with E-state index in [1.165, 1.54) is 6.20 Å². The molecule has 0 aromatic carbocycles. The van der Waals surface area contributed by atoms with Crippen LogP contribution >= 0.6 is 0 Å². The molecule has 0 saturated heterocycles. The maximum absolute atomic E-state index is 10.6. The summed E-state index contributed by atoms with van der Waals surface area (Å²) in [6, 6.07) is 0. The molecule has 0 bridgehead atoms. The first-order valence-electron chi connectivity index (χ1n) is 2.99. The Morgan fingerprint density at radius 3 is 3.00 bits per heavy atom. The van der Waals surface area contributed by atoms with Crippen LogP contribution in [0.25, 0.3) is 0 Å². The van der Waals surface area contributed by atoms with Gasteiger partial charge in [-0.1, -0.05) is 0 Å². The van der Waals surface area contributed by atoms with Crippen LogP contribution in [0.3, 0.4) is 0 Å². The number of nitrogens with zero attached hydrogens (tertiary/aromatic N) is 1. The first-order chi connectivity index (χ1) is 4.74. The Hall–Kier alpha value is -1.16. The Bertz CT molecular complexity index is 279. The van der Waals surface area contributed by atoms with E-state index < -0.39 is 0 Å². The zero-order chi connectivity index (χ0) is 7.56. The number of aromatic amines is 1. The van der Waals surface area contributed by atoms with Gasteiger partial charge in [-0.25, -0.2) is 9.78 Å². The van der Waals surface area contributed by atoms with Crippen LogP contribution in [0.1, 0.15) is 11.3 Å². The summed E-state index contributed by atoms with van der Waals surface area (Å²) in [6.07, 6.45) is 1.49. The minimum atomic E-state index is -0.324. The lowest BCUT2D eigenvalue weighted by Crippen LogP contribution is -2.14. The normalized spacial score (nSPS) is 9.80. The Labute approximate surface area is 58.1 Å². The van der Waals surface area contributed by atoms with Crippen LogP contribution in [0.4, 0.5) is 0 Å². The van der Waals surface area contributed by atoms with Crippen molar-refractivity contribution >= 4 is 0 Å². The highest BCUT2D eigenvalue weighted by molar-refractivity contribution is 5.12. The van der Waals surface area contributed by atoms with Gasteiger partial charge in [-0.15, -0.1) is 0 Å². The van der Waals surface area contributed by atoms with Crippen molar-refractivity contribution in [3.8, 4) is 0 Å². The summed E-state index contributed by atoms with van der Waals surface area (Å²) in [4.78, 5) is 16.6. The van der Waals surface area contributed by atoms with E-state index in [-0.39, 0.29) is 5.69 Å². The second kappa shape index (κ2) is 2.62. The average molecular weight is 139 g/mol. The van der Waals surface area contributed by atoms with Gasteiger partial charge in [0.05, 0.1) is 0 Å². The van der Waals surface area contributed by atoms with Gasteiger partial charge in [0, 0.05) is 24.0 Å². The van der Waals surface area contributed by atoms with Crippen molar-refractivity contribution in [2.24, 2.45) is 5.73 Å². The lowest BCUT2D eigenvalue weighted by atomic mass is 10.2. The van der Waals surface area contributed by atoms with E-state index in [1.54, 1.807) is 6.92 Å². The van der Waals surface area contributed by atoms with Crippen molar-refractivity contribution in [1.82, 2.24) is 9.97 Å². The fourth-order valence-electron chi connectivity index (χ4n) is 0.712. The molecular formula is C6H9N3O. The van der Waals surface area contributed by atoms with Gasteiger partial charge in [0.2, 0.25) is 0 Å². The zero-order valence-corrected chi connectivity index (χ0v) is 5.72. The van der Waals surface area contributed by atoms with E-state index >= 15 is 0 Å². The van der Waals surface area contributed by atoms with Gasteiger partial charge in [-0.2, -0.15) is 0 Å². The number of H-pyrrole nitrogens is 1. The van der Waals surface area contributed by atoms with E-state index in [2.05, 4.69) is 9.97 Å². The van der Waals surface area contributed by atoms with Crippen molar-refractivity contribution < 1.29 is 0 Å². The molecule has 1 aromatic rings. The van der Waals surface area contributed by atoms with Gasteiger partial charge in [0.1, 0.15) is 0 Å². The quantitative estimate of drug-likeness (QED) is 0.552. The lowest BCUT2D eigenvalue weighted by Gasteiger charge is -1.97. The molecule has 1 rings (SSSR count). The van der Waals surface area contributed by atoms with Crippen LogP contribution in [0.15, 0.2) is 11.0 Å². The van der Waals surface area contributed by atoms with E-state index in [1.807, 2.05) is 0 Å². The van der Waals surface area contributed by atoms with E-state index in [0.29, 0.717) is 6.54 Å². The number of hydrogen-bond donors (Lipinski definition) is 2. The highest BCUT2D eigenvalue weighted by Gasteiger charge is 1.94. The molecule has 0 radical (unpaired) electrons. The van der Waals surface area contributed by atoms with Gasteiger partial charge >= 0.3 is 5.69 Å². The number of rotatable bonds is 1. The molecular weight excluding hydrogens is 130 g/mol. The standard InChI is InChI=1S/C6H9N3O/c1-4-5(2-7)3-8-6(10)9-4/h3H,2,7H2,1H3,(H,8,9,10). The van der Waals surface area contributed by atoms with Crippen molar-refractivity contribution in [3.05, 3.63) is 27.9 Å². The first-order valence-corrected chi connectivity index (χ1v) is 2.99. The minimum Gasteiger partial charge on any atom is -0.326 e. The average Bonchev–Trinajstić information content (AvgIpc) is 1.88. The lowest BCUT2D eigenvalue weighted by molar-refractivity contribution is 0.935. The summed E-state index contributed by atoms with van der Waals surface area (Å²) in [5.41, 5.74) is 6.68. The summed E-state index contributed by atoms with van der Waals surface area (Å²) in [5.74, 6) is 0. The third-order valence-electron chi connectivity index (χ3n) is 1.33. The predicted octanol–water partition coefficient (Wildman–Crippen LogP) is -0.463. The van der Waals surface area contributed by atoms with Crippen LogP contribution in [0.2, 0.25) is 0 Å². The summed E-state index contributed by atoms with van der Waals surface area (Å²) in [6.45, 7) is 2.21. The zero-order valence-electron chi connectivity index (χ0n) is 5.72. The molecule has 0 spiro atoms. The number of hydrogen-bond acceptors (Lipinski definition) is 3. The second-order valence-corrected chi connectivity index (χ2v) is 2.04. The SMILES string of the molecule is Cc1[nH]c(=O)ncc1CN. The highest BCUT2D eigenvalue weighted by Crippen LogP contribution is 1.95. The van der Waals surface area contributed by atoms with Crippen LogP contribution in [-0.2, 0) is 6.54 Å². The molecule has 10 heavy (non-hydrogen) atoms. The molecule has 4 heteroatoms. The van der Waals surface area contributed by atoms with Crippen LogP contribution in [0, 0.1) is 6.92 Å². The van der Waals surface area contributed by atoms with E-state index in [4.69, 9.17) is 5.73 Å². The molecule has 0 saturated carbocycles. The number of nitrogens with two attached hydrogens (primary N) is 1. The largest absolute Gasteiger partial charge is 0.345 e. The molecule has 1 heterocycles. The number of aromatic nitrogens is 2. The minimum absolute atomic E-state index is 0.324. The number of aryl methyl sites for hydroxylation is 1. The predicted molar refractivity (Wildman–Crippen MR) is 37.5 cm³/mol. The van der Waals surface area contributed by atoms with Gasteiger partial charge in [0.15, 0.2) is 0 Å². The maximum atomic E-state index is 10.6. The second-order valence-electron chi connectivity index (χ2n) is 2.04.